The molecule has 0 N–H and O–H groups in total. The zero-order valence-corrected chi connectivity index (χ0v) is 14.1. The molecule has 23 heavy (non-hydrogen) atoms. The third kappa shape index (κ3) is 3.22. The van der Waals surface area contributed by atoms with E-state index in [1.807, 2.05) is 41.8 Å². The van der Waals surface area contributed by atoms with Crippen LogP contribution in [0.1, 0.15) is 12.5 Å². The van der Waals surface area contributed by atoms with E-state index in [2.05, 4.69) is 24.0 Å². The minimum atomic E-state index is 0.0652. The number of benzene rings is 2. The lowest BCUT2D eigenvalue weighted by Gasteiger charge is -2.22. The number of fused-ring (bicyclic) bond motifs is 1. The Balaban J connectivity index is 2.03. The molecule has 0 aliphatic carbocycles. The first-order valence-electron chi connectivity index (χ1n) is 7.61. The lowest BCUT2D eigenvalue weighted by molar-refractivity contribution is 0.415. The van der Waals surface area contributed by atoms with Crippen molar-refractivity contribution in [3.63, 3.8) is 0 Å². The van der Waals surface area contributed by atoms with E-state index in [1.165, 1.54) is 5.56 Å². The highest BCUT2D eigenvalue weighted by atomic mass is 32.1. The van der Waals surface area contributed by atoms with Gasteiger partial charge in [-0.05, 0) is 30.7 Å². The van der Waals surface area contributed by atoms with Gasteiger partial charge in [0.15, 0.2) is 0 Å². The number of nitrogens with zero attached hydrogens (tertiary/aromatic N) is 1. The zero-order chi connectivity index (χ0) is 16.2. The quantitative estimate of drug-likeness (QED) is 0.700. The predicted molar refractivity (Wildman–Crippen MR) is 97.8 cm³/mol. The highest BCUT2D eigenvalue weighted by molar-refractivity contribution is 7.16. The molecule has 0 spiro atoms. The van der Waals surface area contributed by atoms with Gasteiger partial charge in [0, 0.05) is 28.6 Å². The highest BCUT2D eigenvalue weighted by Gasteiger charge is 2.12. The van der Waals surface area contributed by atoms with Gasteiger partial charge in [-0.2, -0.15) is 0 Å². The number of ether oxygens (including phenoxy) is 1. The maximum atomic E-state index is 12.9. The Bertz CT molecular complexity index is 858. The van der Waals surface area contributed by atoms with Crippen LogP contribution in [0.4, 0.5) is 5.69 Å². The van der Waals surface area contributed by atoms with Crippen LogP contribution in [-0.2, 0) is 6.54 Å². The Kier molecular flexibility index (Phi) is 4.63. The number of anilines is 1. The fraction of sp³-hybridized carbons (Fsp3) is 0.211. The van der Waals surface area contributed by atoms with Crippen LogP contribution in [0.5, 0.6) is 5.75 Å². The van der Waals surface area contributed by atoms with Crippen molar-refractivity contribution in [2.75, 3.05) is 18.6 Å². The van der Waals surface area contributed by atoms with Crippen molar-refractivity contribution in [3.05, 3.63) is 69.7 Å². The van der Waals surface area contributed by atoms with Gasteiger partial charge in [0.1, 0.15) is 5.75 Å². The molecule has 0 aliphatic rings. The molecule has 3 aromatic rings. The van der Waals surface area contributed by atoms with Crippen LogP contribution in [-0.4, -0.2) is 13.7 Å². The number of hydrogen-bond acceptors (Lipinski definition) is 4. The summed E-state index contributed by atoms with van der Waals surface area (Å²) in [5.74, 6) is 0.713. The van der Waals surface area contributed by atoms with Gasteiger partial charge in [-0.1, -0.05) is 30.3 Å². The molecule has 0 fully saturated rings. The molecule has 0 bridgehead atoms. The minimum Gasteiger partial charge on any atom is -0.497 e. The number of hydrogen-bond donors (Lipinski definition) is 0. The molecular weight excluding hydrogens is 306 g/mol. The monoisotopic (exact) mass is 325 g/mol. The summed E-state index contributed by atoms with van der Waals surface area (Å²) in [6.07, 6.45) is 0. The standard InChI is InChI=1S/C19H19NO2S/c1-3-20(12-14-7-5-4-6-8-14)17-13-23-18-10-9-15(22-2)11-16(18)19(17)21/h4-11,13H,3,12H2,1-2H3. The van der Waals surface area contributed by atoms with Crippen LogP contribution < -0.4 is 15.1 Å². The molecule has 4 heteroatoms. The van der Waals surface area contributed by atoms with Gasteiger partial charge in [0.05, 0.1) is 12.8 Å². The molecule has 0 atom stereocenters. The molecule has 1 aromatic heterocycles. The van der Waals surface area contributed by atoms with E-state index < -0.39 is 0 Å². The Morgan fingerprint density at radius 1 is 1.13 bits per heavy atom. The number of rotatable bonds is 5. The van der Waals surface area contributed by atoms with Crippen molar-refractivity contribution >= 4 is 27.1 Å². The maximum absolute atomic E-state index is 12.9. The summed E-state index contributed by atoms with van der Waals surface area (Å²) >= 11 is 1.59. The average molecular weight is 325 g/mol. The molecule has 0 unspecified atom stereocenters. The lowest BCUT2D eigenvalue weighted by Crippen LogP contribution is -2.27. The highest BCUT2D eigenvalue weighted by Crippen LogP contribution is 2.25. The topological polar surface area (TPSA) is 29.5 Å². The van der Waals surface area contributed by atoms with Gasteiger partial charge in [-0.15, -0.1) is 11.3 Å². The molecule has 0 saturated carbocycles. The second-order valence-corrected chi connectivity index (χ2v) is 6.22. The Morgan fingerprint density at radius 2 is 1.91 bits per heavy atom. The summed E-state index contributed by atoms with van der Waals surface area (Å²) in [7, 11) is 1.62. The molecule has 0 aliphatic heterocycles. The molecule has 3 rings (SSSR count). The normalized spacial score (nSPS) is 10.7. The Labute approximate surface area is 139 Å². The zero-order valence-electron chi connectivity index (χ0n) is 13.3. The minimum absolute atomic E-state index is 0.0652. The van der Waals surface area contributed by atoms with Crippen LogP contribution in [0, 0.1) is 0 Å². The van der Waals surface area contributed by atoms with E-state index in [0.29, 0.717) is 5.75 Å². The van der Waals surface area contributed by atoms with E-state index in [-0.39, 0.29) is 5.43 Å². The SMILES string of the molecule is CCN(Cc1ccccc1)c1csc2ccc(OC)cc2c1=O. The smallest absolute Gasteiger partial charge is 0.211 e. The summed E-state index contributed by atoms with van der Waals surface area (Å²) in [6, 6.07) is 15.9. The van der Waals surface area contributed by atoms with Crippen LogP contribution in [0.3, 0.4) is 0 Å². The Hall–Kier alpha value is -2.33. The molecule has 118 valence electrons. The van der Waals surface area contributed by atoms with E-state index in [4.69, 9.17) is 4.74 Å². The summed E-state index contributed by atoms with van der Waals surface area (Å²) in [5.41, 5.74) is 2.02. The van der Waals surface area contributed by atoms with Crippen LogP contribution >= 0.6 is 11.3 Å². The molecule has 0 saturated heterocycles. The third-order valence-corrected chi connectivity index (χ3v) is 4.85. The Morgan fingerprint density at radius 3 is 2.61 bits per heavy atom. The van der Waals surface area contributed by atoms with Crippen molar-refractivity contribution < 1.29 is 4.74 Å². The van der Waals surface area contributed by atoms with Gasteiger partial charge in [0.25, 0.3) is 0 Å². The first-order chi connectivity index (χ1) is 11.2. The van der Waals surface area contributed by atoms with Gasteiger partial charge in [0.2, 0.25) is 5.43 Å². The van der Waals surface area contributed by atoms with Crippen LogP contribution in [0.15, 0.2) is 58.7 Å². The van der Waals surface area contributed by atoms with Crippen LogP contribution in [0.25, 0.3) is 10.1 Å². The summed E-state index contributed by atoms with van der Waals surface area (Å²) in [4.78, 5) is 15.0. The predicted octanol–water partition coefficient (Wildman–Crippen LogP) is 4.30. The molecule has 1 heterocycles. The van der Waals surface area contributed by atoms with E-state index in [9.17, 15) is 4.79 Å². The van der Waals surface area contributed by atoms with Crippen molar-refractivity contribution in [1.82, 2.24) is 0 Å². The fourth-order valence-corrected chi connectivity index (χ4v) is 3.54. The summed E-state index contributed by atoms with van der Waals surface area (Å²) in [6.45, 7) is 3.59. The third-order valence-electron chi connectivity index (χ3n) is 3.90. The molecule has 0 amide bonds. The van der Waals surface area contributed by atoms with Crippen LogP contribution in [0.2, 0.25) is 0 Å². The van der Waals surface area contributed by atoms with Gasteiger partial charge < -0.3 is 9.64 Å². The second-order valence-electron chi connectivity index (χ2n) is 5.31. The first kappa shape index (κ1) is 15.6. The van der Waals surface area contributed by atoms with Gasteiger partial charge in [-0.25, -0.2) is 0 Å². The first-order valence-corrected chi connectivity index (χ1v) is 8.49. The fourth-order valence-electron chi connectivity index (χ4n) is 2.62. The molecular formula is C19H19NO2S. The summed E-state index contributed by atoms with van der Waals surface area (Å²) < 4.78 is 6.23. The van der Waals surface area contributed by atoms with Gasteiger partial charge >= 0.3 is 0 Å². The average Bonchev–Trinajstić information content (AvgIpc) is 2.61. The molecule has 0 radical (unpaired) electrons. The largest absolute Gasteiger partial charge is 0.497 e. The second kappa shape index (κ2) is 6.84. The van der Waals surface area contributed by atoms with Crippen molar-refractivity contribution in [2.45, 2.75) is 13.5 Å². The van der Waals surface area contributed by atoms with Crippen molar-refractivity contribution in [3.8, 4) is 5.75 Å². The van der Waals surface area contributed by atoms with Crippen molar-refractivity contribution in [2.24, 2.45) is 0 Å². The van der Waals surface area contributed by atoms with E-state index in [1.54, 1.807) is 18.4 Å². The van der Waals surface area contributed by atoms with E-state index >= 15 is 0 Å². The summed E-state index contributed by atoms with van der Waals surface area (Å²) in [5, 5.41) is 2.68. The van der Waals surface area contributed by atoms with Crippen molar-refractivity contribution in [1.29, 1.82) is 0 Å². The van der Waals surface area contributed by atoms with E-state index in [0.717, 1.165) is 28.9 Å². The number of methoxy groups -OCH3 is 1. The molecule has 3 nitrogen and oxygen atoms in total. The molecule has 2 aromatic carbocycles. The maximum Gasteiger partial charge on any atom is 0.211 e. The lowest BCUT2D eigenvalue weighted by atomic mass is 10.2. The van der Waals surface area contributed by atoms with Gasteiger partial charge in [-0.3, -0.25) is 4.79 Å².